The summed E-state index contributed by atoms with van der Waals surface area (Å²) in [7, 11) is 1.93. The quantitative estimate of drug-likeness (QED) is 0.849. The minimum absolute atomic E-state index is 0.778. The Bertz CT molecular complexity index is 476. The van der Waals surface area contributed by atoms with Gasteiger partial charge in [-0.05, 0) is 24.1 Å². The molecule has 0 aromatic carbocycles. The van der Waals surface area contributed by atoms with Gasteiger partial charge in [-0.15, -0.1) is 0 Å². The second-order valence-corrected chi connectivity index (χ2v) is 4.05. The maximum Gasteiger partial charge on any atom is 0.0762 e. The van der Waals surface area contributed by atoms with Crippen molar-refractivity contribution in [2.75, 3.05) is 0 Å². The lowest BCUT2D eigenvalue weighted by Crippen LogP contribution is -2.15. The topological polar surface area (TPSA) is 42.7 Å². The lowest BCUT2D eigenvalue weighted by Gasteiger charge is -2.06. The van der Waals surface area contributed by atoms with Crippen molar-refractivity contribution in [3.8, 4) is 0 Å². The van der Waals surface area contributed by atoms with Gasteiger partial charge in [0.05, 0.1) is 11.4 Å². The number of nitrogens with zero attached hydrogens (tertiary/aromatic N) is 3. The van der Waals surface area contributed by atoms with Gasteiger partial charge in [-0.3, -0.25) is 9.67 Å². The van der Waals surface area contributed by atoms with Crippen LogP contribution in [0.5, 0.6) is 0 Å². The third-order valence-corrected chi connectivity index (χ3v) is 2.73. The molecule has 0 radical (unpaired) electrons. The fraction of sp³-hybridized carbons (Fsp3) is 0.385. The zero-order chi connectivity index (χ0) is 12.1. The summed E-state index contributed by atoms with van der Waals surface area (Å²) in [6, 6.07) is 6.14. The molecule has 0 aliphatic heterocycles. The van der Waals surface area contributed by atoms with Gasteiger partial charge in [0.15, 0.2) is 0 Å². The molecule has 0 saturated heterocycles. The van der Waals surface area contributed by atoms with Gasteiger partial charge >= 0.3 is 0 Å². The molecule has 0 atom stereocenters. The van der Waals surface area contributed by atoms with Crippen LogP contribution in [0.3, 0.4) is 0 Å². The smallest absolute Gasteiger partial charge is 0.0762 e. The molecule has 2 rings (SSSR count). The molecule has 0 amide bonds. The molecule has 4 heteroatoms. The predicted molar refractivity (Wildman–Crippen MR) is 67.4 cm³/mol. The molecule has 0 fully saturated rings. The van der Waals surface area contributed by atoms with Crippen LogP contribution in [0.25, 0.3) is 0 Å². The lowest BCUT2D eigenvalue weighted by molar-refractivity contribution is 0.644. The maximum atomic E-state index is 4.40. The zero-order valence-corrected chi connectivity index (χ0v) is 10.3. The molecule has 2 heterocycles. The molecule has 2 aromatic rings. The standard InChI is InChI=1S/C13H18N4/c1-3-11-5-4-7-15-13(11)10-14-9-12-6-8-17(2)16-12/h4-8,14H,3,9-10H2,1-2H3. The van der Waals surface area contributed by atoms with Gasteiger partial charge in [0.25, 0.3) is 0 Å². The van der Waals surface area contributed by atoms with E-state index in [0.717, 1.165) is 30.9 Å². The van der Waals surface area contributed by atoms with Crippen LogP contribution >= 0.6 is 0 Å². The van der Waals surface area contributed by atoms with Crippen LogP contribution in [-0.2, 0) is 26.6 Å². The van der Waals surface area contributed by atoms with E-state index in [9.17, 15) is 0 Å². The highest BCUT2D eigenvalue weighted by atomic mass is 15.3. The van der Waals surface area contributed by atoms with Crippen LogP contribution in [0.2, 0.25) is 0 Å². The molecule has 0 unspecified atom stereocenters. The Balaban J connectivity index is 1.89. The number of hydrogen-bond donors (Lipinski definition) is 1. The highest BCUT2D eigenvalue weighted by Crippen LogP contribution is 2.05. The van der Waals surface area contributed by atoms with Gasteiger partial charge in [0.1, 0.15) is 0 Å². The highest BCUT2D eigenvalue weighted by molar-refractivity contribution is 5.19. The molecule has 0 aliphatic rings. The number of rotatable bonds is 5. The van der Waals surface area contributed by atoms with Crippen LogP contribution in [0.15, 0.2) is 30.6 Å². The first-order valence-electron chi connectivity index (χ1n) is 5.91. The largest absolute Gasteiger partial charge is 0.305 e. The van der Waals surface area contributed by atoms with E-state index in [0.29, 0.717) is 0 Å². The second-order valence-electron chi connectivity index (χ2n) is 4.05. The monoisotopic (exact) mass is 230 g/mol. The van der Waals surface area contributed by atoms with E-state index in [4.69, 9.17) is 0 Å². The molecule has 90 valence electrons. The third kappa shape index (κ3) is 3.14. The van der Waals surface area contributed by atoms with E-state index in [1.54, 1.807) is 0 Å². The highest BCUT2D eigenvalue weighted by Gasteiger charge is 2.01. The van der Waals surface area contributed by atoms with Crippen molar-refractivity contribution < 1.29 is 0 Å². The molecule has 0 saturated carbocycles. The Labute approximate surface area is 102 Å². The van der Waals surface area contributed by atoms with Gasteiger partial charge < -0.3 is 5.32 Å². The summed E-state index contributed by atoms with van der Waals surface area (Å²) in [4.78, 5) is 4.40. The Hall–Kier alpha value is -1.68. The average Bonchev–Trinajstić information content (AvgIpc) is 2.76. The molecule has 0 spiro atoms. The fourth-order valence-electron chi connectivity index (χ4n) is 1.82. The summed E-state index contributed by atoms with van der Waals surface area (Å²) in [6.07, 6.45) is 4.82. The first-order chi connectivity index (χ1) is 8.29. The molecule has 1 N–H and O–H groups in total. The summed E-state index contributed by atoms with van der Waals surface area (Å²) in [5.41, 5.74) is 3.49. The van der Waals surface area contributed by atoms with Gasteiger partial charge in [-0.1, -0.05) is 13.0 Å². The van der Waals surface area contributed by atoms with Crippen molar-refractivity contribution in [3.05, 3.63) is 47.5 Å². The first kappa shape index (κ1) is 11.8. The Morgan fingerprint density at radius 1 is 1.29 bits per heavy atom. The molecule has 0 aliphatic carbocycles. The van der Waals surface area contributed by atoms with Crippen molar-refractivity contribution in [2.24, 2.45) is 7.05 Å². The minimum atomic E-state index is 0.778. The Morgan fingerprint density at radius 3 is 2.88 bits per heavy atom. The fourth-order valence-corrected chi connectivity index (χ4v) is 1.82. The van der Waals surface area contributed by atoms with Crippen molar-refractivity contribution >= 4 is 0 Å². The normalized spacial score (nSPS) is 10.7. The summed E-state index contributed by atoms with van der Waals surface area (Å²) in [6.45, 7) is 3.72. The van der Waals surface area contributed by atoms with Crippen molar-refractivity contribution in [1.82, 2.24) is 20.1 Å². The molecule has 4 nitrogen and oxygen atoms in total. The number of hydrogen-bond acceptors (Lipinski definition) is 3. The van der Waals surface area contributed by atoms with Gasteiger partial charge in [0.2, 0.25) is 0 Å². The molecule has 17 heavy (non-hydrogen) atoms. The predicted octanol–water partition coefficient (Wildman–Crippen LogP) is 1.67. The minimum Gasteiger partial charge on any atom is -0.305 e. The number of aryl methyl sites for hydroxylation is 2. The lowest BCUT2D eigenvalue weighted by atomic mass is 10.1. The van der Waals surface area contributed by atoms with E-state index in [1.807, 2.05) is 36.3 Å². The van der Waals surface area contributed by atoms with Crippen LogP contribution < -0.4 is 5.32 Å². The Morgan fingerprint density at radius 2 is 2.18 bits per heavy atom. The van der Waals surface area contributed by atoms with Crippen LogP contribution in [0.1, 0.15) is 23.9 Å². The van der Waals surface area contributed by atoms with Crippen LogP contribution in [0, 0.1) is 0 Å². The van der Waals surface area contributed by atoms with Crippen molar-refractivity contribution in [1.29, 1.82) is 0 Å². The average molecular weight is 230 g/mol. The summed E-state index contributed by atoms with van der Waals surface area (Å²) in [5.74, 6) is 0. The van der Waals surface area contributed by atoms with Gasteiger partial charge in [0, 0.05) is 32.5 Å². The zero-order valence-electron chi connectivity index (χ0n) is 10.3. The van der Waals surface area contributed by atoms with Crippen LogP contribution in [-0.4, -0.2) is 14.8 Å². The SMILES string of the molecule is CCc1cccnc1CNCc1ccn(C)n1. The Kier molecular flexibility index (Phi) is 3.88. The summed E-state index contributed by atoms with van der Waals surface area (Å²) in [5, 5.41) is 7.69. The second kappa shape index (κ2) is 5.59. The van der Waals surface area contributed by atoms with Gasteiger partial charge in [-0.2, -0.15) is 5.10 Å². The third-order valence-electron chi connectivity index (χ3n) is 2.73. The molecular formula is C13H18N4. The number of aromatic nitrogens is 3. The summed E-state index contributed by atoms with van der Waals surface area (Å²) < 4.78 is 1.81. The number of pyridine rings is 1. The van der Waals surface area contributed by atoms with Crippen molar-refractivity contribution in [3.63, 3.8) is 0 Å². The van der Waals surface area contributed by atoms with E-state index >= 15 is 0 Å². The van der Waals surface area contributed by atoms with Crippen molar-refractivity contribution in [2.45, 2.75) is 26.4 Å². The maximum absolute atomic E-state index is 4.40. The van der Waals surface area contributed by atoms with Crippen LogP contribution in [0.4, 0.5) is 0 Å². The molecule has 0 bridgehead atoms. The molecule has 2 aromatic heterocycles. The molecular weight excluding hydrogens is 212 g/mol. The van der Waals surface area contributed by atoms with E-state index < -0.39 is 0 Å². The van der Waals surface area contributed by atoms with Gasteiger partial charge in [-0.25, -0.2) is 0 Å². The number of nitrogens with one attached hydrogen (secondary N) is 1. The first-order valence-corrected chi connectivity index (χ1v) is 5.91. The van der Waals surface area contributed by atoms with E-state index in [-0.39, 0.29) is 0 Å². The van der Waals surface area contributed by atoms with E-state index in [1.165, 1.54) is 5.56 Å². The summed E-state index contributed by atoms with van der Waals surface area (Å²) >= 11 is 0. The van der Waals surface area contributed by atoms with E-state index in [2.05, 4.69) is 28.4 Å².